The zero-order valence-electron chi connectivity index (χ0n) is 15.7. The van der Waals surface area contributed by atoms with Gasteiger partial charge in [-0.25, -0.2) is 5.01 Å². The highest BCUT2D eigenvalue weighted by molar-refractivity contribution is 9.09. The fourth-order valence-electron chi connectivity index (χ4n) is 3.19. The number of ketones is 1. The Morgan fingerprint density at radius 1 is 1.37 bits per heavy atom. The number of carbonyl (C=O) groups excluding carboxylic acids is 2. The van der Waals surface area contributed by atoms with Crippen molar-refractivity contribution in [1.29, 1.82) is 0 Å². The lowest BCUT2D eigenvalue weighted by atomic mass is 9.93. The van der Waals surface area contributed by atoms with E-state index >= 15 is 0 Å². The molecule has 0 fully saturated rings. The van der Waals surface area contributed by atoms with E-state index in [1.54, 1.807) is 28.8 Å². The van der Waals surface area contributed by atoms with E-state index in [1.165, 1.54) is 6.92 Å². The number of aromatic nitrogens is 2. The average molecular weight is 435 g/mol. The Balaban J connectivity index is 2.07. The Labute approximate surface area is 166 Å². The smallest absolute Gasteiger partial charge is 0.243 e. The molecule has 0 radical (unpaired) electrons. The van der Waals surface area contributed by atoms with Crippen LogP contribution in [0.4, 0.5) is 0 Å². The number of fused-ring (bicyclic) bond motifs is 1. The Morgan fingerprint density at radius 2 is 2.15 bits per heavy atom. The van der Waals surface area contributed by atoms with Gasteiger partial charge in [-0.05, 0) is 25.0 Å². The first-order valence-electron chi connectivity index (χ1n) is 8.99. The van der Waals surface area contributed by atoms with Gasteiger partial charge in [-0.3, -0.25) is 9.59 Å². The third kappa shape index (κ3) is 3.90. The summed E-state index contributed by atoms with van der Waals surface area (Å²) >= 11 is 3.41. The predicted molar refractivity (Wildman–Crippen MR) is 107 cm³/mol. The second kappa shape index (κ2) is 8.21. The second-order valence-electron chi connectivity index (χ2n) is 6.68. The molecule has 1 aliphatic rings. The maximum Gasteiger partial charge on any atom is 0.243 e. The summed E-state index contributed by atoms with van der Waals surface area (Å²) in [4.78, 5) is 24.2. The molecular formula is C19H23BrN4O3. The van der Waals surface area contributed by atoms with E-state index in [-0.39, 0.29) is 17.6 Å². The summed E-state index contributed by atoms with van der Waals surface area (Å²) in [6.45, 7) is 4.08. The fourth-order valence-corrected chi connectivity index (χ4v) is 3.59. The summed E-state index contributed by atoms with van der Waals surface area (Å²) in [6, 6.07) is 5.47. The van der Waals surface area contributed by atoms with E-state index in [1.807, 2.05) is 13.0 Å². The summed E-state index contributed by atoms with van der Waals surface area (Å²) in [5, 5.41) is 11.5. The van der Waals surface area contributed by atoms with Gasteiger partial charge in [-0.15, -0.1) is 0 Å². The lowest BCUT2D eigenvalue weighted by Crippen LogP contribution is -2.37. The number of ether oxygens (including phenoxy) is 1. The first kappa shape index (κ1) is 19.5. The van der Waals surface area contributed by atoms with Crippen LogP contribution in [0, 0.1) is 5.92 Å². The van der Waals surface area contributed by atoms with E-state index in [4.69, 9.17) is 4.74 Å². The van der Waals surface area contributed by atoms with Crippen molar-refractivity contribution in [2.75, 3.05) is 19.0 Å². The van der Waals surface area contributed by atoms with Crippen LogP contribution in [0.2, 0.25) is 0 Å². The van der Waals surface area contributed by atoms with Gasteiger partial charge in [0.1, 0.15) is 5.69 Å². The molecule has 1 atom stereocenters. The maximum absolute atomic E-state index is 12.4. The highest BCUT2D eigenvalue weighted by Gasteiger charge is 2.29. The van der Waals surface area contributed by atoms with Crippen LogP contribution in [-0.2, 0) is 4.79 Å². The van der Waals surface area contributed by atoms with Crippen molar-refractivity contribution in [2.45, 2.75) is 33.1 Å². The number of hydrazone groups is 1. The fraction of sp³-hybridized carbons (Fsp3) is 0.474. The Morgan fingerprint density at radius 3 is 2.81 bits per heavy atom. The standard InChI is InChI=1S/C19H23BrN4O3/c1-12-10-17(26)23(9-5-4-8-20)22-19(12)14-6-7-18(27-3)24-16(14)11-15(21-24)13(2)25/h6-7,11-12H,4-5,8-10H2,1-3H3. The van der Waals surface area contributed by atoms with Crippen LogP contribution in [0.1, 0.15) is 49.2 Å². The lowest BCUT2D eigenvalue weighted by molar-refractivity contribution is -0.132. The number of carbonyl (C=O) groups is 2. The van der Waals surface area contributed by atoms with Crippen LogP contribution >= 0.6 is 15.9 Å². The number of halogens is 1. The third-order valence-corrected chi connectivity index (χ3v) is 5.21. The summed E-state index contributed by atoms with van der Waals surface area (Å²) in [5.74, 6) is 0.452. The van der Waals surface area contributed by atoms with E-state index in [0.717, 1.165) is 35.0 Å². The van der Waals surface area contributed by atoms with E-state index < -0.39 is 0 Å². The molecule has 0 spiro atoms. The number of unbranched alkanes of at least 4 members (excludes halogenated alkanes) is 1. The molecule has 1 unspecified atom stereocenters. The first-order chi connectivity index (χ1) is 13.0. The largest absolute Gasteiger partial charge is 0.481 e. The van der Waals surface area contributed by atoms with Gasteiger partial charge in [0.25, 0.3) is 0 Å². The van der Waals surface area contributed by atoms with Gasteiger partial charge in [0, 0.05) is 42.8 Å². The number of nitrogens with zero attached hydrogens (tertiary/aromatic N) is 4. The number of rotatable bonds is 7. The normalized spacial score (nSPS) is 17.3. The number of hydrogen-bond acceptors (Lipinski definition) is 5. The monoisotopic (exact) mass is 434 g/mol. The molecule has 2 aromatic heterocycles. The van der Waals surface area contributed by atoms with Crippen molar-refractivity contribution in [2.24, 2.45) is 11.0 Å². The molecule has 3 heterocycles. The number of Topliss-reactive ketones (excluding diaryl/α,β-unsaturated/α-hetero) is 1. The topological polar surface area (TPSA) is 76.3 Å². The molecule has 1 aliphatic heterocycles. The predicted octanol–water partition coefficient (Wildman–Crippen LogP) is 3.29. The highest BCUT2D eigenvalue weighted by atomic mass is 79.9. The molecular weight excluding hydrogens is 412 g/mol. The molecule has 144 valence electrons. The van der Waals surface area contributed by atoms with E-state index in [0.29, 0.717) is 24.5 Å². The van der Waals surface area contributed by atoms with Crippen LogP contribution in [0.15, 0.2) is 23.3 Å². The molecule has 0 saturated heterocycles. The van der Waals surface area contributed by atoms with E-state index in [2.05, 4.69) is 26.1 Å². The van der Waals surface area contributed by atoms with Crippen molar-refractivity contribution in [1.82, 2.24) is 14.6 Å². The summed E-state index contributed by atoms with van der Waals surface area (Å²) in [7, 11) is 1.56. The van der Waals surface area contributed by atoms with Crippen LogP contribution in [0.25, 0.3) is 5.52 Å². The molecule has 8 heteroatoms. The van der Waals surface area contributed by atoms with Crippen LogP contribution in [-0.4, -0.2) is 51.0 Å². The molecule has 0 bridgehead atoms. The van der Waals surface area contributed by atoms with Gasteiger partial charge in [0.05, 0.1) is 18.3 Å². The number of amides is 1. The van der Waals surface area contributed by atoms with Crippen molar-refractivity contribution < 1.29 is 14.3 Å². The van der Waals surface area contributed by atoms with Gasteiger partial charge in [0.15, 0.2) is 5.78 Å². The van der Waals surface area contributed by atoms with Gasteiger partial charge in [-0.1, -0.05) is 22.9 Å². The Kier molecular flexibility index (Phi) is 5.94. The van der Waals surface area contributed by atoms with Crippen molar-refractivity contribution >= 4 is 38.8 Å². The van der Waals surface area contributed by atoms with Crippen molar-refractivity contribution in [3.63, 3.8) is 0 Å². The number of pyridine rings is 1. The summed E-state index contributed by atoms with van der Waals surface area (Å²) in [5.41, 5.74) is 2.81. The lowest BCUT2D eigenvalue weighted by Gasteiger charge is -2.28. The van der Waals surface area contributed by atoms with Crippen LogP contribution in [0.3, 0.4) is 0 Å². The molecule has 0 aromatic carbocycles. The van der Waals surface area contributed by atoms with Crippen molar-refractivity contribution in [3.05, 3.63) is 29.5 Å². The highest BCUT2D eigenvalue weighted by Crippen LogP contribution is 2.27. The minimum Gasteiger partial charge on any atom is -0.481 e. The minimum atomic E-state index is -0.114. The molecule has 27 heavy (non-hydrogen) atoms. The molecule has 2 aromatic rings. The molecule has 1 amide bonds. The molecule has 0 N–H and O–H groups in total. The third-order valence-electron chi connectivity index (χ3n) is 4.65. The quantitative estimate of drug-likeness (QED) is 0.380. The summed E-state index contributed by atoms with van der Waals surface area (Å²) < 4.78 is 6.99. The first-order valence-corrected chi connectivity index (χ1v) is 10.1. The van der Waals surface area contributed by atoms with Gasteiger partial charge >= 0.3 is 0 Å². The van der Waals surface area contributed by atoms with Crippen molar-refractivity contribution in [3.8, 4) is 5.88 Å². The second-order valence-corrected chi connectivity index (χ2v) is 7.47. The zero-order valence-corrected chi connectivity index (χ0v) is 17.3. The summed E-state index contributed by atoms with van der Waals surface area (Å²) in [6.07, 6.45) is 2.29. The number of hydrogen-bond donors (Lipinski definition) is 0. The minimum absolute atomic E-state index is 0.0159. The van der Waals surface area contributed by atoms with Gasteiger partial charge in [0.2, 0.25) is 11.8 Å². The molecule has 0 saturated carbocycles. The zero-order chi connectivity index (χ0) is 19.6. The maximum atomic E-state index is 12.4. The molecule has 7 nitrogen and oxygen atoms in total. The Hall–Kier alpha value is -2.22. The average Bonchev–Trinajstić information content (AvgIpc) is 3.09. The van der Waals surface area contributed by atoms with Crippen LogP contribution < -0.4 is 4.74 Å². The Bertz CT molecular complexity index is 906. The molecule has 3 rings (SSSR count). The van der Waals surface area contributed by atoms with Crippen LogP contribution in [0.5, 0.6) is 5.88 Å². The number of alkyl halides is 1. The SMILES string of the molecule is COc1ccc(C2=NN(CCCCBr)C(=O)CC2C)c2cc(C(C)=O)nn12. The van der Waals surface area contributed by atoms with Gasteiger partial charge in [-0.2, -0.15) is 14.7 Å². The van der Waals surface area contributed by atoms with Gasteiger partial charge < -0.3 is 4.74 Å². The molecule has 0 aliphatic carbocycles. The van der Waals surface area contributed by atoms with E-state index in [9.17, 15) is 9.59 Å². The number of methoxy groups -OCH3 is 1.